The van der Waals surface area contributed by atoms with E-state index in [1.807, 2.05) is 19.0 Å². The molecule has 2 nitrogen and oxygen atoms in total. The number of hydrogen-bond donors (Lipinski definition) is 0. The van der Waals surface area contributed by atoms with Crippen molar-refractivity contribution in [3.05, 3.63) is 54.1 Å². The van der Waals surface area contributed by atoms with E-state index in [0.29, 0.717) is 17.9 Å². The van der Waals surface area contributed by atoms with Crippen LogP contribution in [0.5, 0.6) is 5.75 Å². The van der Waals surface area contributed by atoms with Crippen LogP contribution in [0.1, 0.15) is 0 Å². The van der Waals surface area contributed by atoms with E-state index in [1.165, 1.54) is 18.2 Å². The first kappa shape index (κ1) is 14.5. The summed E-state index contributed by atoms with van der Waals surface area (Å²) in [6.07, 6.45) is 0. The highest BCUT2D eigenvalue weighted by atomic mass is 19.1. The summed E-state index contributed by atoms with van der Waals surface area (Å²) in [6.45, 7) is 1.38. The standard InChI is InChI=1S/C16H17F2NO/c1-19(2)10-11-20-13-8-6-12(7-9-13)16-14(17)4-3-5-15(16)18/h3-9H,10-11H2,1-2H3. The van der Waals surface area contributed by atoms with Gasteiger partial charge in [-0.15, -0.1) is 0 Å². The number of hydrogen-bond acceptors (Lipinski definition) is 2. The van der Waals surface area contributed by atoms with E-state index < -0.39 is 11.6 Å². The summed E-state index contributed by atoms with van der Waals surface area (Å²) in [5, 5.41) is 0. The lowest BCUT2D eigenvalue weighted by atomic mass is 10.0. The number of ether oxygens (including phenoxy) is 1. The number of rotatable bonds is 5. The van der Waals surface area contributed by atoms with Gasteiger partial charge >= 0.3 is 0 Å². The minimum Gasteiger partial charge on any atom is -0.492 e. The molecule has 4 heteroatoms. The Kier molecular flexibility index (Phi) is 4.69. The zero-order chi connectivity index (χ0) is 14.5. The monoisotopic (exact) mass is 277 g/mol. The molecule has 0 saturated heterocycles. The minimum atomic E-state index is -0.564. The predicted molar refractivity (Wildman–Crippen MR) is 75.8 cm³/mol. The lowest BCUT2D eigenvalue weighted by Gasteiger charge is -2.11. The third-order valence-electron chi connectivity index (χ3n) is 2.91. The molecule has 0 aliphatic rings. The summed E-state index contributed by atoms with van der Waals surface area (Å²) >= 11 is 0. The second-order valence-electron chi connectivity index (χ2n) is 4.77. The second-order valence-corrected chi connectivity index (χ2v) is 4.77. The molecule has 106 valence electrons. The Balaban J connectivity index is 2.12. The zero-order valence-electron chi connectivity index (χ0n) is 11.6. The van der Waals surface area contributed by atoms with E-state index in [4.69, 9.17) is 4.74 Å². The molecular formula is C16H17F2NO. The zero-order valence-corrected chi connectivity index (χ0v) is 11.6. The van der Waals surface area contributed by atoms with Crippen LogP contribution < -0.4 is 4.74 Å². The molecule has 0 unspecified atom stereocenters. The van der Waals surface area contributed by atoms with Gasteiger partial charge in [-0.1, -0.05) is 18.2 Å². The van der Waals surface area contributed by atoms with Crippen molar-refractivity contribution in [2.45, 2.75) is 0 Å². The van der Waals surface area contributed by atoms with Crippen molar-refractivity contribution < 1.29 is 13.5 Å². The fraction of sp³-hybridized carbons (Fsp3) is 0.250. The summed E-state index contributed by atoms with van der Waals surface area (Å²) in [5.74, 6) is -0.440. The van der Waals surface area contributed by atoms with Gasteiger partial charge in [0.25, 0.3) is 0 Å². The third kappa shape index (κ3) is 3.54. The van der Waals surface area contributed by atoms with Gasteiger partial charge in [0.2, 0.25) is 0 Å². The molecule has 20 heavy (non-hydrogen) atoms. The van der Waals surface area contributed by atoms with Crippen LogP contribution in [0.25, 0.3) is 11.1 Å². The summed E-state index contributed by atoms with van der Waals surface area (Å²) in [4.78, 5) is 2.02. The summed E-state index contributed by atoms with van der Waals surface area (Å²) < 4.78 is 32.8. The van der Waals surface area contributed by atoms with Gasteiger partial charge < -0.3 is 9.64 Å². The number of nitrogens with zero attached hydrogens (tertiary/aromatic N) is 1. The van der Waals surface area contributed by atoms with Gasteiger partial charge in [-0.25, -0.2) is 8.78 Å². The molecule has 0 atom stereocenters. The van der Waals surface area contributed by atoms with Gasteiger partial charge in [-0.05, 0) is 43.9 Å². The van der Waals surface area contributed by atoms with E-state index in [1.54, 1.807) is 24.3 Å². The number of halogens is 2. The highest BCUT2D eigenvalue weighted by molar-refractivity contribution is 5.65. The van der Waals surface area contributed by atoms with Crippen molar-refractivity contribution in [1.82, 2.24) is 4.90 Å². The van der Waals surface area contributed by atoms with Crippen molar-refractivity contribution in [3.8, 4) is 16.9 Å². The normalized spacial score (nSPS) is 10.8. The molecule has 2 rings (SSSR count). The van der Waals surface area contributed by atoms with Crippen molar-refractivity contribution >= 4 is 0 Å². The highest BCUT2D eigenvalue weighted by Gasteiger charge is 2.10. The molecule has 0 aliphatic carbocycles. The largest absolute Gasteiger partial charge is 0.492 e. The molecule has 0 aromatic heterocycles. The molecule has 0 radical (unpaired) electrons. The Morgan fingerprint density at radius 1 is 0.950 bits per heavy atom. The highest BCUT2D eigenvalue weighted by Crippen LogP contribution is 2.27. The smallest absolute Gasteiger partial charge is 0.133 e. The average molecular weight is 277 g/mol. The minimum absolute atomic E-state index is 0.00709. The Bertz CT molecular complexity index is 547. The fourth-order valence-electron chi connectivity index (χ4n) is 1.84. The Morgan fingerprint density at radius 2 is 1.55 bits per heavy atom. The SMILES string of the molecule is CN(C)CCOc1ccc(-c2c(F)cccc2F)cc1. The molecule has 0 N–H and O–H groups in total. The lowest BCUT2D eigenvalue weighted by molar-refractivity contribution is 0.261. The van der Waals surface area contributed by atoms with Crippen molar-refractivity contribution in [2.24, 2.45) is 0 Å². The Labute approximate surface area is 117 Å². The number of likely N-dealkylation sites (N-methyl/N-ethyl adjacent to an activating group) is 1. The molecular weight excluding hydrogens is 260 g/mol. The van der Waals surface area contributed by atoms with Gasteiger partial charge in [0.1, 0.15) is 24.0 Å². The van der Waals surface area contributed by atoms with E-state index in [-0.39, 0.29) is 5.56 Å². The third-order valence-corrected chi connectivity index (χ3v) is 2.91. The van der Waals surface area contributed by atoms with E-state index in [0.717, 1.165) is 6.54 Å². The van der Waals surface area contributed by atoms with E-state index in [2.05, 4.69) is 0 Å². The van der Waals surface area contributed by atoms with Crippen LogP contribution in [-0.2, 0) is 0 Å². The first-order chi connectivity index (χ1) is 9.58. The predicted octanol–water partition coefficient (Wildman–Crippen LogP) is 3.57. The molecule has 0 heterocycles. The van der Waals surface area contributed by atoms with Crippen molar-refractivity contribution in [1.29, 1.82) is 0 Å². The van der Waals surface area contributed by atoms with E-state index >= 15 is 0 Å². The Hall–Kier alpha value is -1.94. The van der Waals surface area contributed by atoms with Gasteiger partial charge in [0.15, 0.2) is 0 Å². The van der Waals surface area contributed by atoms with Crippen LogP contribution >= 0.6 is 0 Å². The average Bonchev–Trinajstić information content (AvgIpc) is 2.40. The van der Waals surface area contributed by atoms with Crippen molar-refractivity contribution in [2.75, 3.05) is 27.2 Å². The molecule has 2 aromatic rings. The van der Waals surface area contributed by atoms with Gasteiger partial charge in [0, 0.05) is 6.54 Å². The van der Waals surface area contributed by atoms with Gasteiger partial charge in [-0.2, -0.15) is 0 Å². The maximum atomic E-state index is 13.7. The molecule has 0 saturated carbocycles. The fourth-order valence-corrected chi connectivity index (χ4v) is 1.84. The topological polar surface area (TPSA) is 12.5 Å². The van der Waals surface area contributed by atoms with Crippen LogP contribution in [0.2, 0.25) is 0 Å². The van der Waals surface area contributed by atoms with Gasteiger partial charge in [-0.3, -0.25) is 0 Å². The summed E-state index contributed by atoms with van der Waals surface area (Å²) in [6, 6.07) is 10.6. The lowest BCUT2D eigenvalue weighted by Crippen LogP contribution is -2.19. The second kappa shape index (κ2) is 6.48. The van der Waals surface area contributed by atoms with Crippen LogP contribution in [0.15, 0.2) is 42.5 Å². The molecule has 2 aromatic carbocycles. The maximum absolute atomic E-state index is 13.7. The molecule has 0 spiro atoms. The van der Waals surface area contributed by atoms with Crippen LogP contribution in [0.3, 0.4) is 0 Å². The van der Waals surface area contributed by atoms with Crippen LogP contribution in [-0.4, -0.2) is 32.1 Å². The van der Waals surface area contributed by atoms with Crippen LogP contribution in [0.4, 0.5) is 8.78 Å². The molecule has 0 amide bonds. The molecule has 0 aliphatic heterocycles. The first-order valence-corrected chi connectivity index (χ1v) is 6.40. The first-order valence-electron chi connectivity index (χ1n) is 6.40. The van der Waals surface area contributed by atoms with Crippen molar-refractivity contribution in [3.63, 3.8) is 0 Å². The number of benzene rings is 2. The quantitative estimate of drug-likeness (QED) is 0.828. The van der Waals surface area contributed by atoms with Gasteiger partial charge in [0.05, 0.1) is 5.56 Å². The summed E-state index contributed by atoms with van der Waals surface area (Å²) in [5.41, 5.74) is 0.493. The van der Waals surface area contributed by atoms with E-state index in [9.17, 15) is 8.78 Å². The maximum Gasteiger partial charge on any atom is 0.133 e. The molecule has 0 bridgehead atoms. The van der Waals surface area contributed by atoms with Crippen LogP contribution in [0, 0.1) is 11.6 Å². The Morgan fingerprint density at radius 3 is 2.10 bits per heavy atom. The summed E-state index contributed by atoms with van der Waals surface area (Å²) in [7, 11) is 3.93. The molecule has 0 fully saturated rings.